The van der Waals surface area contributed by atoms with Gasteiger partial charge in [-0.1, -0.05) is 0 Å². The summed E-state index contributed by atoms with van der Waals surface area (Å²) in [7, 11) is 0. The summed E-state index contributed by atoms with van der Waals surface area (Å²) >= 11 is 0. The molecule has 1 atom stereocenters. The maximum absolute atomic E-state index is 11.4. The van der Waals surface area contributed by atoms with Crippen LogP contribution in [0.1, 0.15) is 26.2 Å². The lowest BCUT2D eigenvalue weighted by molar-refractivity contribution is -0.122. The normalized spacial score (nSPS) is 19.9. The molecule has 86 valence electrons. The Labute approximate surface area is 90.0 Å². The summed E-state index contributed by atoms with van der Waals surface area (Å²) in [6, 6.07) is 0.339. The standard InChI is InChI=1S/C10H19N3O2/c1-8(14)11-5-6-13-10(15)7-9-3-2-4-12-9/h9,12H,2-7H2,1H3,(H,11,14)(H,13,15). The molecular weight excluding hydrogens is 194 g/mol. The van der Waals surface area contributed by atoms with E-state index in [9.17, 15) is 9.59 Å². The van der Waals surface area contributed by atoms with E-state index in [-0.39, 0.29) is 11.8 Å². The van der Waals surface area contributed by atoms with Crippen molar-refractivity contribution in [2.45, 2.75) is 32.2 Å². The van der Waals surface area contributed by atoms with Crippen LogP contribution >= 0.6 is 0 Å². The minimum Gasteiger partial charge on any atom is -0.355 e. The highest BCUT2D eigenvalue weighted by Gasteiger charge is 2.16. The number of rotatable bonds is 5. The molecule has 1 rings (SSSR count). The molecule has 1 saturated heterocycles. The Bertz CT molecular complexity index is 225. The summed E-state index contributed by atoms with van der Waals surface area (Å²) in [4.78, 5) is 21.9. The van der Waals surface area contributed by atoms with E-state index < -0.39 is 0 Å². The van der Waals surface area contributed by atoms with Gasteiger partial charge in [0.2, 0.25) is 11.8 Å². The average Bonchev–Trinajstić information content (AvgIpc) is 2.64. The van der Waals surface area contributed by atoms with Crippen molar-refractivity contribution < 1.29 is 9.59 Å². The van der Waals surface area contributed by atoms with Gasteiger partial charge in [-0.3, -0.25) is 9.59 Å². The first kappa shape index (κ1) is 12.0. The molecule has 0 radical (unpaired) electrons. The SMILES string of the molecule is CC(=O)NCCNC(=O)CC1CCCN1. The Balaban J connectivity index is 2.00. The van der Waals surface area contributed by atoms with Crippen LogP contribution in [-0.4, -0.2) is 37.5 Å². The quantitative estimate of drug-likeness (QED) is 0.533. The Morgan fingerprint density at radius 3 is 2.67 bits per heavy atom. The van der Waals surface area contributed by atoms with Gasteiger partial charge in [-0.15, -0.1) is 0 Å². The molecule has 2 amide bonds. The highest BCUT2D eigenvalue weighted by Crippen LogP contribution is 2.07. The molecule has 5 heteroatoms. The van der Waals surface area contributed by atoms with Crippen LogP contribution in [0.5, 0.6) is 0 Å². The summed E-state index contributed by atoms with van der Waals surface area (Å²) < 4.78 is 0. The highest BCUT2D eigenvalue weighted by molar-refractivity contribution is 5.76. The summed E-state index contributed by atoms with van der Waals surface area (Å²) in [6.45, 7) is 3.48. The maximum atomic E-state index is 11.4. The fourth-order valence-corrected chi connectivity index (χ4v) is 1.67. The zero-order valence-corrected chi connectivity index (χ0v) is 9.14. The van der Waals surface area contributed by atoms with Gasteiger partial charge in [-0.2, -0.15) is 0 Å². The van der Waals surface area contributed by atoms with Crippen molar-refractivity contribution in [2.24, 2.45) is 0 Å². The van der Waals surface area contributed by atoms with Crippen LogP contribution in [0, 0.1) is 0 Å². The fraction of sp³-hybridized carbons (Fsp3) is 0.800. The van der Waals surface area contributed by atoms with Crippen molar-refractivity contribution in [3.63, 3.8) is 0 Å². The van der Waals surface area contributed by atoms with Crippen molar-refractivity contribution in [1.82, 2.24) is 16.0 Å². The molecule has 1 aliphatic rings. The third-order valence-electron chi connectivity index (χ3n) is 2.42. The zero-order valence-electron chi connectivity index (χ0n) is 9.14. The topological polar surface area (TPSA) is 70.2 Å². The summed E-state index contributed by atoms with van der Waals surface area (Å²) in [6.07, 6.45) is 2.78. The average molecular weight is 213 g/mol. The zero-order chi connectivity index (χ0) is 11.1. The molecule has 0 aliphatic carbocycles. The van der Waals surface area contributed by atoms with E-state index in [0.717, 1.165) is 19.4 Å². The van der Waals surface area contributed by atoms with Gasteiger partial charge in [0.1, 0.15) is 0 Å². The number of amides is 2. The van der Waals surface area contributed by atoms with Gasteiger partial charge in [-0.05, 0) is 19.4 Å². The van der Waals surface area contributed by atoms with Crippen LogP contribution in [0.15, 0.2) is 0 Å². The fourth-order valence-electron chi connectivity index (χ4n) is 1.67. The van der Waals surface area contributed by atoms with E-state index in [4.69, 9.17) is 0 Å². The first-order chi connectivity index (χ1) is 7.18. The molecule has 15 heavy (non-hydrogen) atoms. The van der Waals surface area contributed by atoms with Crippen molar-refractivity contribution in [1.29, 1.82) is 0 Å². The summed E-state index contributed by atoms with van der Waals surface area (Å²) in [5.41, 5.74) is 0. The number of hydrogen-bond acceptors (Lipinski definition) is 3. The lowest BCUT2D eigenvalue weighted by Crippen LogP contribution is -2.36. The lowest BCUT2D eigenvalue weighted by atomic mass is 10.1. The Kier molecular flexibility index (Phi) is 5.10. The van der Waals surface area contributed by atoms with E-state index in [1.165, 1.54) is 6.92 Å². The highest BCUT2D eigenvalue weighted by atomic mass is 16.2. The Hall–Kier alpha value is -1.10. The molecule has 3 N–H and O–H groups in total. The number of nitrogens with one attached hydrogen (secondary N) is 3. The second kappa shape index (κ2) is 6.40. The van der Waals surface area contributed by atoms with E-state index in [2.05, 4.69) is 16.0 Å². The molecular formula is C10H19N3O2. The van der Waals surface area contributed by atoms with E-state index in [1.54, 1.807) is 0 Å². The van der Waals surface area contributed by atoms with Crippen molar-refractivity contribution in [3.8, 4) is 0 Å². The van der Waals surface area contributed by atoms with Crippen LogP contribution in [0.4, 0.5) is 0 Å². The molecule has 0 spiro atoms. The van der Waals surface area contributed by atoms with Crippen LogP contribution < -0.4 is 16.0 Å². The van der Waals surface area contributed by atoms with E-state index in [1.807, 2.05) is 0 Å². The third-order valence-corrected chi connectivity index (χ3v) is 2.42. The van der Waals surface area contributed by atoms with Gasteiger partial charge in [0.25, 0.3) is 0 Å². The first-order valence-corrected chi connectivity index (χ1v) is 5.43. The van der Waals surface area contributed by atoms with Gasteiger partial charge < -0.3 is 16.0 Å². The largest absolute Gasteiger partial charge is 0.355 e. The molecule has 1 unspecified atom stereocenters. The van der Waals surface area contributed by atoms with Crippen LogP contribution in [0.2, 0.25) is 0 Å². The van der Waals surface area contributed by atoms with Crippen LogP contribution in [0.3, 0.4) is 0 Å². The van der Waals surface area contributed by atoms with Crippen molar-refractivity contribution >= 4 is 11.8 Å². The smallest absolute Gasteiger partial charge is 0.221 e. The molecule has 0 aromatic rings. The van der Waals surface area contributed by atoms with Crippen LogP contribution in [0.25, 0.3) is 0 Å². The molecule has 1 fully saturated rings. The third kappa shape index (κ3) is 5.37. The molecule has 0 bridgehead atoms. The minimum atomic E-state index is -0.0679. The summed E-state index contributed by atoms with van der Waals surface area (Å²) in [5, 5.41) is 8.66. The second-order valence-electron chi connectivity index (χ2n) is 3.83. The molecule has 1 heterocycles. The minimum absolute atomic E-state index is 0.0553. The van der Waals surface area contributed by atoms with Gasteiger partial charge in [-0.25, -0.2) is 0 Å². The number of hydrogen-bond donors (Lipinski definition) is 3. The molecule has 1 aliphatic heterocycles. The Morgan fingerprint density at radius 1 is 1.33 bits per heavy atom. The van der Waals surface area contributed by atoms with E-state index in [0.29, 0.717) is 25.6 Å². The number of carbonyl (C=O) groups excluding carboxylic acids is 2. The molecule has 0 saturated carbocycles. The van der Waals surface area contributed by atoms with Crippen molar-refractivity contribution in [3.05, 3.63) is 0 Å². The van der Waals surface area contributed by atoms with Crippen molar-refractivity contribution in [2.75, 3.05) is 19.6 Å². The number of carbonyl (C=O) groups is 2. The van der Waals surface area contributed by atoms with Gasteiger partial charge >= 0.3 is 0 Å². The van der Waals surface area contributed by atoms with Gasteiger partial charge in [0, 0.05) is 32.5 Å². The predicted molar refractivity (Wildman–Crippen MR) is 57.3 cm³/mol. The Morgan fingerprint density at radius 2 is 2.07 bits per heavy atom. The van der Waals surface area contributed by atoms with Gasteiger partial charge in [0.15, 0.2) is 0 Å². The lowest BCUT2D eigenvalue weighted by Gasteiger charge is -2.10. The molecule has 5 nitrogen and oxygen atoms in total. The predicted octanol–water partition coefficient (Wildman–Crippen LogP) is -0.619. The monoisotopic (exact) mass is 213 g/mol. The van der Waals surface area contributed by atoms with Crippen LogP contribution in [-0.2, 0) is 9.59 Å². The summed E-state index contributed by atoms with van der Waals surface area (Å²) in [5.74, 6) is -0.0125. The van der Waals surface area contributed by atoms with Gasteiger partial charge in [0.05, 0.1) is 0 Å². The maximum Gasteiger partial charge on any atom is 0.221 e. The van der Waals surface area contributed by atoms with E-state index >= 15 is 0 Å². The molecule has 0 aromatic carbocycles. The second-order valence-corrected chi connectivity index (χ2v) is 3.83. The molecule has 0 aromatic heterocycles. The first-order valence-electron chi connectivity index (χ1n) is 5.43.